The van der Waals surface area contributed by atoms with Crippen LogP contribution >= 0.6 is 0 Å². The molecular formula is C28H27FN4O6. The third kappa shape index (κ3) is 7.16. The number of benzene rings is 3. The van der Waals surface area contributed by atoms with Gasteiger partial charge in [0.15, 0.2) is 11.5 Å². The standard InChI is InChI=1S/C28H27FN4O6/c1-37-24-12-5-20(17-25(24)38-2)13-15-32(27(34)18-19-3-8-22(29)9-4-19)16-14-26-30-28(31-39-26)21-6-10-23(11-7-21)33(35)36/h3-12,17H,13-16,18H2,1-2H3. The van der Waals surface area contributed by atoms with Crippen LogP contribution in [0, 0.1) is 15.9 Å². The van der Waals surface area contributed by atoms with Gasteiger partial charge in [0.25, 0.3) is 5.69 Å². The van der Waals surface area contributed by atoms with Gasteiger partial charge in [0, 0.05) is 37.2 Å². The van der Waals surface area contributed by atoms with E-state index in [1.165, 1.54) is 24.3 Å². The summed E-state index contributed by atoms with van der Waals surface area (Å²) < 4.78 is 29.4. The molecule has 0 saturated carbocycles. The molecule has 10 nitrogen and oxygen atoms in total. The fourth-order valence-electron chi connectivity index (χ4n) is 3.99. The smallest absolute Gasteiger partial charge is 0.269 e. The molecule has 202 valence electrons. The summed E-state index contributed by atoms with van der Waals surface area (Å²) in [4.78, 5) is 29.7. The molecule has 0 N–H and O–H groups in total. The fourth-order valence-corrected chi connectivity index (χ4v) is 3.99. The Morgan fingerprint density at radius 1 is 0.949 bits per heavy atom. The third-order valence-electron chi connectivity index (χ3n) is 6.14. The Labute approximate surface area is 224 Å². The maximum atomic E-state index is 13.3. The number of carbonyl (C=O) groups excluding carboxylic acids is 1. The number of non-ortho nitro benzene ring substituents is 1. The lowest BCUT2D eigenvalue weighted by atomic mass is 10.1. The lowest BCUT2D eigenvalue weighted by Gasteiger charge is -2.22. The van der Waals surface area contributed by atoms with Gasteiger partial charge in [-0.25, -0.2) is 4.39 Å². The molecule has 3 aromatic carbocycles. The minimum Gasteiger partial charge on any atom is -0.493 e. The number of nitro groups is 1. The molecule has 0 aliphatic rings. The first-order chi connectivity index (χ1) is 18.9. The number of carbonyl (C=O) groups is 1. The first-order valence-electron chi connectivity index (χ1n) is 12.2. The topological polar surface area (TPSA) is 121 Å². The van der Waals surface area contributed by atoms with Crippen LogP contribution < -0.4 is 9.47 Å². The molecule has 39 heavy (non-hydrogen) atoms. The number of hydrogen-bond acceptors (Lipinski definition) is 8. The second kappa shape index (κ2) is 12.6. The number of methoxy groups -OCH3 is 2. The second-order valence-electron chi connectivity index (χ2n) is 8.69. The molecule has 0 radical (unpaired) electrons. The third-order valence-corrected chi connectivity index (χ3v) is 6.14. The van der Waals surface area contributed by atoms with E-state index in [9.17, 15) is 19.3 Å². The Hall–Kier alpha value is -4.80. The second-order valence-corrected chi connectivity index (χ2v) is 8.69. The van der Waals surface area contributed by atoms with Crippen molar-refractivity contribution in [2.75, 3.05) is 27.3 Å². The predicted molar refractivity (Wildman–Crippen MR) is 140 cm³/mol. The molecule has 0 unspecified atom stereocenters. The summed E-state index contributed by atoms with van der Waals surface area (Å²) in [5, 5.41) is 14.9. The van der Waals surface area contributed by atoms with Gasteiger partial charge in [-0.05, 0) is 53.9 Å². The first-order valence-corrected chi connectivity index (χ1v) is 12.2. The number of halogens is 1. The Morgan fingerprint density at radius 3 is 2.28 bits per heavy atom. The number of nitro benzene ring substituents is 1. The molecule has 4 rings (SSSR count). The summed E-state index contributed by atoms with van der Waals surface area (Å²) in [5.41, 5.74) is 2.21. The number of amides is 1. The minimum atomic E-state index is -0.481. The van der Waals surface area contributed by atoms with Crippen LogP contribution in [0.25, 0.3) is 11.4 Å². The van der Waals surface area contributed by atoms with Gasteiger partial charge in [0.2, 0.25) is 17.6 Å². The quantitative estimate of drug-likeness (QED) is 0.190. The van der Waals surface area contributed by atoms with Gasteiger partial charge in [0.05, 0.1) is 25.6 Å². The maximum Gasteiger partial charge on any atom is 0.269 e. The molecule has 4 aromatic rings. The first kappa shape index (κ1) is 27.2. The highest BCUT2D eigenvalue weighted by Gasteiger charge is 2.18. The Balaban J connectivity index is 1.46. The number of nitrogens with zero attached hydrogens (tertiary/aromatic N) is 4. The Kier molecular flexibility index (Phi) is 8.82. The van der Waals surface area contributed by atoms with Crippen LogP contribution in [-0.4, -0.2) is 53.2 Å². The van der Waals surface area contributed by atoms with Crippen LogP contribution in [0.15, 0.2) is 71.3 Å². The van der Waals surface area contributed by atoms with Crippen molar-refractivity contribution in [3.63, 3.8) is 0 Å². The van der Waals surface area contributed by atoms with Crippen molar-refractivity contribution >= 4 is 11.6 Å². The molecule has 11 heteroatoms. The molecule has 0 aliphatic heterocycles. The van der Waals surface area contributed by atoms with E-state index >= 15 is 0 Å². The van der Waals surface area contributed by atoms with Crippen LogP contribution in [0.3, 0.4) is 0 Å². The summed E-state index contributed by atoms with van der Waals surface area (Å²) in [7, 11) is 3.13. The van der Waals surface area contributed by atoms with Crippen molar-refractivity contribution < 1.29 is 28.1 Å². The summed E-state index contributed by atoms with van der Waals surface area (Å²) in [6.07, 6.45) is 0.985. The molecule has 1 heterocycles. The van der Waals surface area contributed by atoms with Crippen LogP contribution in [0.5, 0.6) is 11.5 Å². The van der Waals surface area contributed by atoms with E-state index < -0.39 is 4.92 Å². The van der Waals surface area contributed by atoms with Gasteiger partial charge in [-0.1, -0.05) is 23.4 Å². The molecule has 0 bridgehead atoms. The lowest BCUT2D eigenvalue weighted by Crippen LogP contribution is -2.36. The van der Waals surface area contributed by atoms with Crippen molar-refractivity contribution in [2.24, 2.45) is 0 Å². The van der Waals surface area contributed by atoms with Crippen molar-refractivity contribution in [2.45, 2.75) is 19.3 Å². The molecular weight excluding hydrogens is 507 g/mol. The normalized spacial score (nSPS) is 10.7. The van der Waals surface area contributed by atoms with Gasteiger partial charge in [-0.15, -0.1) is 0 Å². The SMILES string of the molecule is COc1ccc(CCN(CCc2nc(-c3ccc([N+](=O)[O-])cc3)no2)C(=O)Cc2ccc(F)cc2)cc1OC. The highest BCUT2D eigenvalue weighted by molar-refractivity contribution is 5.78. The van der Waals surface area contributed by atoms with Crippen LogP contribution in [0.2, 0.25) is 0 Å². The molecule has 1 aromatic heterocycles. The number of rotatable bonds is 12. The summed E-state index contributed by atoms with van der Waals surface area (Å²) in [5.74, 6) is 1.35. The maximum absolute atomic E-state index is 13.3. The van der Waals surface area contributed by atoms with E-state index in [1.54, 1.807) is 43.4 Å². The van der Waals surface area contributed by atoms with Gasteiger partial charge in [-0.3, -0.25) is 14.9 Å². The van der Waals surface area contributed by atoms with Crippen LogP contribution in [0.4, 0.5) is 10.1 Å². The van der Waals surface area contributed by atoms with Gasteiger partial charge in [-0.2, -0.15) is 4.98 Å². The lowest BCUT2D eigenvalue weighted by molar-refractivity contribution is -0.384. The minimum absolute atomic E-state index is 0.0349. The molecule has 0 atom stereocenters. The van der Waals surface area contributed by atoms with Crippen LogP contribution in [-0.2, 0) is 24.1 Å². The van der Waals surface area contributed by atoms with E-state index in [-0.39, 0.29) is 23.8 Å². The van der Waals surface area contributed by atoms with Crippen molar-refractivity contribution in [3.05, 3.63) is 99.7 Å². The molecule has 1 amide bonds. The summed E-state index contributed by atoms with van der Waals surface area (Å²) in [6, 6.07) is 17.3. The van der Waals surface area contributed by atoms with Crippen molar-refractivity contribution in [1.29, 1.82) is 0 Å². The molecule has 0 fully saturated rings. The number of ether oxygens (including phenoxy) is 2. The highest BCUT2D eigenvalue weighted by Crippen LogP contribution is 2.28. The average molecular weight is 535 g/mol. The van der Waals surface area contributed by atoms with Crippen molar-refractivity contribution in [3.8, 4) is 22.9 Å². The van der Waals surface area contributed by atoms with E-state index in [0.29, 0.717) is 60.3 Å². The summed E-state index contributed by atoms with van der Waals surface area (Å²) in [6.45, 7) is 0.730. The molecule has 0 spiro atoms. The molecule has 0 aliphatic carbocycles. The Morgan fingerprint density at radius 2 is 1.62 bits per heavy atom. The van der Waals surface area contributed by atoms with E-state index in [0.717, 1.165) is 5.56 Å². The van der Waals surface area contributed by atoms with E-state index in [2.05, 4.69) is 10.1 Å². The van der Waals surface area contributed by atoms with Gasteiger partial charge in [0.1, 0.15) is 5.82 Å². The predicted octanol–water partition coefficient (Wildman–Crippen LogP) is 4.66. The Bertz CT molecular complexity index is 1420. The average Bonchev–Trinajstić information content (AvgIpc) is 3.43. The van der Waals surface area contributed by atoms with E-state index in [1.807, 2.05) is 18.2 Å². The monoisotopic (exact) mass is 534 g/mol. The van der Waals surface area contributed by atoms with Crippen molar-refractivity contribution in [1.82, 2.24) is 15.0 Å². The van der Waals surface area contributed by atoms with E-state index in [4.69, 9.17) is 14.0 Å². The van der Waals surface area contributed by atoms with Crippen LogP contribution in [0.1, 0.15) is 17.0 Å². The zero-order chi connectivity index (χ0) is 27.8. The van der Waals surface area contributed by atoms with Gasteiger partial charge >= 0.3 is 0 Å². The number of aromatic nitrogens is 2. The largest absolute Gasteiger partial charge is 0.493 e. The van der Waals surface area contributed by atoms with Gasteiger partial charge < -0.3 is 18.9 Å². The zero-order valence-electron chi connectivity index (χ0n) is 21.5. The molecule has 0 saturated heterocycles. The highest BCUT2D eigenvalue weighted by atomic mass is 19.1. The summed E-state index contributed by atoms with van der Waals surface area (Å²) >= 11 is 0. The fraction of sp³-hybridized carbons (Fsp3) is 0.250. The number of hydrogen-bond donors (Lipinski definition) is 0. The zero-order valence-corrected chi connectivity index (χ0v) is 21.5.